The van der Waals surface area contributed by atoms with Gasteiger partial charge in [0.1, 0.15) is 0 Å². The number of morpholine rings is 1. The Hall–Kier alpha value is -0.610. The first-order valence-electron chi connectivity index (χ1n) is 6.42. The smallest absolute Gasteiger partial charge is 0.225 e. The molecule has 16 heavy (non-hydrogen) atoms. The molecule has 1 aliphatic carbocycles. The zero-order chi connectivity index (χ0) is 10.9. The van der Waals surface area contributed by atoms with Gasteiger partial charge in [0, 0.05) is 26.1 Å². The summed E-state index contributed by atoms with van der Waals surface area (Å²) in [7, 11) is 1.98. The van der Waals surface area contributed by atoms with E-state index in [2.05, 4.69) is 4.90 Å². The Balaban J connectivity index is 1.58. The fourth-order valence-electron chi connectivity index (χ4n) is 3.80. The molecule has 2 bridgehead atoms. The molecule has 0 aromatic rings. The third-order valence-corrected chi connectivity index (χ3v) is 4.72. The number of ether oxygens (including phenoxy) is 1. The van der Waals surface area contributed by atoms with Crippen molar-refractivity contribution < 1.29 is 9.53 Å². The number of likely N-dealkylation sites (N-methyl/N-ethyl adjacent to an activating group) is 1. The second-order valence-electron chi connectivity index (χ2n) is 5.70. The topological polar surface area (TPSA) is 32.8 Å². The Bertz CT molecular complexity index is 328. The predicted octanol–water partition coefficient (Wildman–Crippen LogP) is 0.0787. The molecule has 4 atom stereocenters. The molecule has 4 nitrogen and oxygen atoms in total. The maximum atomic E-state index is 12.1. The summed E-state index contributed by atoms with van der Waals surface area (Å²) in [5.74, 6) is 0.686. The van der Waals surface area contributed by atoms with Crippen LogP contribution < -0.4 is 0 Å². The van der Waals surface area contributed by atoms with E-state index in [1.165, 1.54) is 0 Å². The lowest BCUT2D eigenvalue weighted by Crippen LogP contribution is -2.46. The molecule has 4 aliphatic rings. The number of hydrogen-bond acceptors (Lipinski definition) is 3. The van der Waals surface area contributed by atoms with Crippen LogP contribution in [-0.4, -0.2) is 60.1 Å². The molecule has 88 valence electrons. The number of fused-ring (bicyclic) bond motifs is 1. The van der Waals surface area contributed by atoms with Crippen LogP contribution in [0.4, 0.5) is 0 Å². The van der Waals surface area contributed by atoms with E-state index >= 15 is 0 Å². The van der Waals surface area contributed by atoms with E-state index in [0.717, 1.165) is 32.4 Å². The molecule has 0 spiro atoms. The summed E-state index contributed by atoms with van der Waals surface area (Å²) >= 11 is 0. The maximum absolute atomic E-state index is 12.1. The lowest BCUT2D eigenvalue weighted by molar-refractivity contribution is -0.134. The van der Waals surface area contributed by atoms with Crippen LogP contribution in [0.5, 0.6) is 0 Å². The van der Waals surface area contributed by atoms with Crippen molar-refractivity contribution in [3.63, 3.8) is 0 Å². The van der Waals surface area contributed by atoms with E-state index in [1.807, 2.05) is 11.9 Å². The minimum Gasteiger partial charge on any atom is -0.370 e. The zero-order valence-corrected chi connectivity index (χ0v) is 9.63. The fraction of sp³-hybridized carbons (Fsp3) is 0.917. The summed E-state index contributed by atoms with van der Waals surface area (Å²) < 4.78 is 6.00. The van der Waals surface area contributed by atoms with Gasteiger partial charge in [-0.15, -0.1) is 0 Å². The van der Waals surface area contributed by atoms with Crippen LogP contribution in [-0.2, 0) is 9.53 Å². The van der Waals surface area contributed by atoms with Gasteiger partial charge >= 0.3 is 0 Å². The molecule has 4 rings (SSSR count). The molecular formula is C12H18N2O2. The van der Waals surface area contributed by atoms with E-state index in [0.29, 0.717) is 30.0 Å². The van der Waals surface area contributed by atoms with Crippen LogP contribution in [0, 0.1) is 5.92 Å². The molecule has 4 fully saturated rings. The predicted molar refractivity (Wildman–Crippen MR) is 57.9 cm³/mol. The van der Waals surface area contributed by atoms with Gasteiger partial charge in [0.15, 0.2) is 0 Å². The molecule has 1 saturated carbocycles. The van der Waals surface area contributed by atoms with Gasteiger partial charge in [0.05, 0.1) is 24.3 Å². The van der Waals surface area contributed by atoms with Gasteiger partial charge in [-0.3, -0.25) is 9.69 Å². The first-order chi connectivity index (χ1) is 7.75. The second kappa shape index (κ2) is 2.99. The third-order valence-electron chi connectivity index (χ3n) is 4.72. The highest BCUT2D eigenvalue weighted by atomic mass is 16.5. The molecule has 3 aliphatic heterocycles. The monoisotopic (exact) mass is 222 g/mol. The van der Waals surface area contributed by atoms with Crippen LogP contribution in [0.2, 0.25) is 0 Å². The van der Waals surface area contributed by atoms with E-state index in [-0.39, 0.29) is 6.10 Å². The van der Waals surface area contributed by atoms with Crippen molar-refractivity contribution in [3.05, 3.63) is 0 Å². The third kappa shape index (κ3) is 1.09. The summed E-state index contributed by atoms with van der Waals surface area (Å²) in [5.41, 5.74) is 0. The fourth-order valence-corrected chi connectivity index (χ4v) is 3.80. The average molecular weight is 222 g/mol. The van der Waals surface area contributed by atoms with Crippen molar-refractivity contribution in [1.29, 1.82) is 0 Å². The molecule has 0 N–H and O–H groups in total. The van der Waals surface area contributed by atoms with Gasteiger partial charge in [0.25, 0.3) is 0 Å². The largest absolute Gasteiger partial charge is 0.370 e. The number of amides is 1. The maximum Gasteiger partial charge on any atom is 0.225 e. The highest BCUT2D eigenvalue weighted by molar-refractivity contribution is 5.81. The normalized spacial score (nSPS) is 45.3. The molecule has 3 saturated heterocycles. The zero-order valence-electron chi connectivity index (χ0n) is 9.63. The number of carbonyl (C=O) groups is 1. The van der Waals surface area contributed by atoms with Gasteiger partial charge in [-0.1, -0.05) is 0 Å². The SMILES string of the molecule is CN(C(=O)C1CC1)[C@@H]1[C@H]2[C@@H]3CCN2C[C@H]1O3. The van der Waals surface area contributed by atoms with Crippen molar-refractivity contribution in [2.24, 2.45) is 5.92 Å². The minimum absolute atomic E-state index is 0.283. The molecular weight excluding hydrogens is 204 g/mol. The molecule has 3 heterocycles. The van der Waals surface area contributed by atoms with E-state index in [9.17, 15) is 4.79 Å². The summed E-state index contributed by atoms with van der Waals surface area (Å²) in [6.07, 6.45) is 4.03. The van der Waals surface area contributed by atoms with Crippen molar-refractivity contribution in [1.82, 2.24) is 9.80 Å². The molecule has 4 heteroatoms. The van der Waals surface area contributed by atoms with Crippen molar-refractivity contribution in [2.75, 3.05) is 20.1 Å². The summed E-state index contributed by atoms with van der Waals surface area (Å²) in [4.78, 5) is 16.6. The number of nitrogens with zero attached hydrogens (tertiary/aromatic N) is 2. The van der Waals surface area contributed by atoms with Gasteiger partial charge in [-0.25, -0.2) is 0 Å². The van der Waals surface area contributed by atoms with Crippen LogP contribution in [0.25, 0.3) is 0 Å². The summed E-state index contributed by atoms with van der Waals surface area (Å²) in [6.45, 7) is 2.20. The molecule has 0 unspecified atom stereocenters. The van der Waals surface area contributed by atoms with E-state index in [4.69, 9.17) is 4.74 Å². The lowest BCUT2D eigenvalue weighted by atomic mass is 10.0. The number of rotatable bonds is 2. The van der Waals surface area contributed by atoms with E-state index < -0.39 is 0 Å². The van der Waals surface area contributed by atoms with Crippen molar-refractivity contribution in [3.8, 4) is 0 Å². The highest BCUT2D eigenvalue weighted by Crippen LogP contribution is 2.43. The van der Waals surface area contributed by atoms with Gasteiger partial charge in [-0.2, -0.15) is 0 Å². The minimum atomic E-state index is 0.283. The van der Waals surface area contributed by atoms with Crippen LogP contribution in [0.3, 0.4) is 0 Å². The van der Waals surface area contributed by atoms with Crippen LogP contribution >= 0.6 is 0 Å². The van der Waals surface area contributed by atoms with Crippen molar-refractivity contribution in [2.45, 2.75) is 43.6 Å². The number of hydrogen-bond donors (Lipinski definition) is 0. The van der Waals surface area contributed by atoms with Crippen LogP contribution in [0.15, 0.2) is 0 Å². The highest BCUT2D eigenvalue weighted by Gasteiger charge is 2.59. The summed E-state index contributed by atoms with van der Waals surface area (Å²) in [5, 5.41) is 0. The first-order valence-corrected chi connectivity index (χ1v) is 6.42. The van der Waals surface area contributed by atoms with Gasteiger partial charge in [0.2, 0.25) is 5.91 Å². The Labute approximate surface area is 95.5 Å². The van der Waals surface area contributed by atoms with E-state index in [1.54, 1.807) is 0 Å². The summed E-state index contributed by atoms with van der Waals surface area (Å²) in [6, 6.07) is 0.832. The first kappa shape index (κ1) is 9.42. The Morgan fingerprint density at radius 1 is 1.31 bits per heavy atom. The van der Waals surface area contributed by atoms with Gasteiger partial charge < -0.3 is 9.64 Å². The van der Waals surface area contributed by atoms with Gasteiger partial charge in [-0.05, 0) is 19.3 Å². The lowest BCUT2D eigenvalue weighted by Gasteiger charge is -2.27. The molecule has 0 aromatic carbocycles. The molecule has 0 radical (unpaired) electrons. The van der Waals surface area contributed by atoms with Crippen molar-refractivity contribution >= 4 is 5.91 Å². The molecule has 0 aromatic heterocycles. The Morgan fingerprint density at radius 2 is 2.12 bits per heavy atom. The Kier molecular flexibility index (Phi) is 1.76. The second-order valence-corrected chi connectivity index (χ2v) is 5.70. The number of carbonyl (C=O) groups excluding carboxylic acids is 1. The van der Waals surface area contributed by atoms with Crippen LogP contribution in [0.1, 0.15) is 19.3 Å². The average Bonchev–Trinajstić information content (AvgIpc) is 2.92. The quantitative estimate of drug-likeness (QED) is 0.663. The Morgan fingerprint density at radius 3 is 2.81 bits per heavy atom. The molecule has 1 amide bonds. The standard InChI is InChI=1S/C12H18N2O2/c1-13(12(15)7-2-3-7)10-9-6-14-5-4-8(16-9)11(10)14/h7-11H,2-6H2,1H3/t8-,9+,10-,11+/m0/s1.